The van der Waals surface area contributed by atoms with Crippen LogP contribution in [-0.2, 0) is 19.7 Å². The molecule has 0 heterocycles. The van der Waals surface area contributed by atoms with Gasteiger partial charge in [-0.25, -0.2) is 4.79 Å². The summed E-state index contributed by atoms with van der Waals surface area (Å²) >= 11 is 0. The SMILES string of the molecule is COc1ccc(C(=Cc2ccc(N(c3ccccc3)c3ccc4c(c3)C(C)(C)c3ccccc3-4)cc2)c2ccc(OC(=O)OCCOC(C)=O)cc2)cc1. The molecule has 6 aromatic carbocycles. The molecule has 0 atom stereocenters. The molecular weight excluding hydrogens is 675 g/mol. The first-order chi connectivity index (χ1) is 26.2. The molecule has 0 amide bonds. The van der Waals surface area contributed by atoms with Gasteiger partial charge in [0, 0.05) is 29.4 Å². The average Bonchev–Trinajstić information content (AvgIpc) is 3.42. The van der Waals surface area contributed by atoms with Crippen molar-refractivity contribution in [2.45, 2.75) is 26.2 Å². The van der Waals surface area contributed by atoms with E-state index in [1.54, 1.807) is 19.2 Å². The van der Waals surface area contributed by atoms with Crippen LogP contribution in [0.1, 0.15) is 48.6 Å². The van der Waals surface area contributed by atoms with Gasteiger partial charge in [-0.05, 0) is 111 Å². The van der Waals surface area contributed by atoms with E-state index in [1.807, 2.05) is 42.5 Å². The molecule has 0 saturated heterocycles. The molecule has 0 aliphatic heterocycles. The van der Waals surface area contributed by atoms with Gasteiger partial charge < -0.3 is 23.8 Å². The summed E-state index contributed by atoms with van der Waals surface area (Å²) < 4.78 is 20.5. The highest BCUT2D eigenvalue weighted by molar-refractivity contribution is 5.92. The van der Waals surface area contributed by atoms with E-state index in [1.165, 1.54) is 29.2 Å². The maximum Gasteiger partial charge on any atom is 0.513 e. The predicted octanol–water partition coefficient (Wildman–Crippen LogP) is 11.1. The molecule has 0 bridgehead atoms. The summed E-state index contributed by atoms with van der Waals surface area (Å²) in [7, 11) is 1.65. The number of fused-ring (bicyclic) bond motifs is 3. The Balaban J connectivity index is 1.19. The van der Waals surface area contributed by atoms with E-state index >= 15 is 0 Å². The monoisotopic (exact) mass is 715 g/mol. The second-order valence-corrected chi connectivity index (χ2v) is 13.5. The van der Waals surface area contributed by atoms with Gasteiger partial charge in [-0.15, -0.1) is 0 Å². The molecule has 0 unspecified atom stereocenters. The van der Waals surface area contributed by atoms with Gasteiger partial charge in [0.1, 0.15) is 24.7 Å². The van der Waals surface area contributed by atoms with Crippen LogP contribution in [0.15, 0.2) is 146 Å². The normalized spacial score (nSPS) is 12.6. The largest absolute Gasteiger partial charge is 0.513 e. The Morgan fingerprint density at radius 2 is 1.19 bits per heavy atom. The number of rotatable bonds is 11. The summed E-state index contributed by atoms with van der Waals surface area (Å²) in [5.41, 5.74) is 12.3. The molecule has 1 aliphatic rings. The lowest BCUT2D eigenvalue weighted by atomic mass is 9.82. The summed E-state index contributed by atoms with van der Waals surface area (Å²) in [6.45, 7) is 5.77. The minimum atomic E-state index is -0.876. The zero-order valence-corrected chi connectivity index (χ0v) is 30.7. The number of methoxy groups -OCH3 is 1. The number of nitrogens with zero attached hydrogens (tertiary/aromatic N) is 1. The fourth-order valence-corrected chi connectivity index (χ4v) is 6.98. The van der Waals surface area contributed by atoms with Gasteiger partial charge in [0.05, 0.1) is 7.11 Å². The highest BCUT2D eigenvalue weighted by Gasteiger charge is 2.35. The number of ether oxygens (including phenoxy) is 4. The first kappa shape index (κ1) is 35.8. The molecule has 54 heavy (non-hydrogen) atoms. The standard InChI is InChI=1S/C47H41NO6/c1-32(49)52-28-29-53-46(50)54-40-25-18-35(19-26-40)43(34-16-23-39(51-4)24-17-34)30-33-14-20-37(21-15-33)48(36-10-6-5-7-11-36)38-22-27-42-41-12-8-9-13-44(41)47(2,3)45(42)31-38/h5-27,30-31H,28-29H2,1-4H3. The Morgan fingerprint density at radius 1 is 0.611 bits per heavy atom. The number of hydrogen-bond donors (Lipinski definition) is 0. The van der Waals surface area contributed by atoms with Crippen molar-refractivity contribution in [2.24, 2.45) is 0 Å². The lowest BCUT2D eigenvalue weighted by molar-refractivity contribution is -0.142. The molecule has 7 rings (SSSR count). The molecule has 6 aromatic rings. The number of anilines is 3. The van der Waals surface area contributed by atoms with Crippen molar-refractivity contribution >= 4 is 40.8 Å². The molecular formula is C47H41NO6. The highest BCUT2D eigenvalue weighted by atomic mass is 16.7. The van der Waals surface area contributed by atoms with Gasteiger partial charge in [0.25, 0.3) is 0 Å². The number of para-hydroxylation sites is 1. The van der Waals surface area contributed by atoms with Crippen LogP contribution in [0.2, 0.25) is 0 Å². The van der Waals surface area contributed by atoms with Crippen LogP contribution in [0.5, 0.6) is 11.5 Å². The van der Waals surface area contributed by atoms with Crippen molar-refractivity contribution in [2.75, 3.05) is 25.2 Å². The van der Waals surface area contributed by atoms with E-state index in [9.17, 15) is 9.59 Å². The fourth-order valence-electron chi connectivity index (χ4n) is 6.98. The summed E-state index contributed by atoms with van der Waals surface area (Å²) in [5.74, 6) is 0.645. The van der Waals surface area contributed by atoms with E-state index in [0.717, 1.165) is 45.1 Å². The topological polar surface area (TPSA) is 74.3 Å². The lowest BCUT2D eigenvalue weighted by Gasteiger charge is -2.28. The summed E-state index contributed by atoms with van der Waals surface area (Å²) in [6, 6.07) is 49.7. The molecule has 0 fully saturated rings. The average molecular weight is 716 g/mol. The van der Waals surface area contributed by atoms with Crippen molar-refractivity contribution in [3.05, 3.63) is 173 Å². The highest BCUT2D eigenvalue weighted by Crippen LogP contribution is 2.50. The smallest absolute Gasteiger partial charge is 0.497 e. The molecule has 270 valence electrons. The van der Waals surface area contributed by atoms with Gasteiger partial charge in [-0.3, -0.25) is 4.79 Å². The number of benzene rings is 6. The summed E-state index contributed by atoms with van der Waals surface area (Å²) in [6.07, 6.45) is 1.27. The molecule has 0 aromatic heterocycles. The predicted molar refractivity (Wildman–Crippen MR) is 214 cm³/mol. The Labute approximate surface area is 316 Å². The number of hydrogen-bond acceptors (Lipinski definition) is 7. The lowest BCUT2D eigenvalue weighted by Crippen LogP contribution is -2.16. The summed E-state index contributed by atoms with van der Waals surface area (Å²) in [5, 5.41) is 0. The third-order valence-electron chi connectivity index (χ3n) is 9.68. The number of carbonyl (C=O) groups excluding carboxylic acids is 2. The van der Waals surface area contributed by atoms with Crippen molar-refractivity contribution in [3.8, 4) is 22.6 Å². The van der Waals surface area contributed by atoms with Crippen LogP contribution in [0.4, 0.5) is 21.9 Å². The Bertz CT molecular complexity index is 2290. The van der Waals surface area contributed by atoms with Gasteiger partial charge in [-0.1, -0.05) is 98.8 Å². The van der Waals surface area contributed by atoms with Crippen molar-refractivity contribution in [1.29, 1.82) is 0 Å². The molecule has 1 aliphatic carbocycles. The van der Waals surface area contributed by atoms with Crippen LogP contribution >= 0.6 is 0 Å². The fraction of sp³-hybridized carbons (Fsp3) is 0.149. The molecule has 7 nitrogen and oxygen atoms in total. The van der Waals surface area contributed by atoms with Crippen LogP contribution < -0.4 is 14.4 Å². The van der Waals surface area contributed by atoms with Gasteiger partial charge in [0.15, 0.2) is 0 Å². The second kappa shape index (κ2) is 15.6. The van der Waals surface area contributed by atoms with Crippen molar-refractivity contribution < 1.29 is 28.5 Å². The number of esters is 1. The maximum atomic E-state index is 12.2. The Kier molecular flexibility index (Phi) is 10.3. The molecule has 0 spiro atoms. The minimum Gasteiger partial charge on any atom is -0.497 e. The first-order valence-corrected chi connectivity index (χ1v) is 17.9. The quantitative estimate of drug-likeness (QED) is 0.0572. The number of carbonyl (C=O) groups is 2. The van der Waals surface area contributed by atoms with E-state index < -0.39 is 12.1 Å². The van der Waals surface area contributed by atoms with Crippen molar-refractivity contribution in [3.63, 3.8) is 0 Å². The van der Waals surface area contributed by atoms with E-state index in [0.29, 0.717) is 5.75 Å². The zero-order valence-electron chi connectivity index (χ0n) is 30.7. The van der Waals surface area contributed by atoms with E-state index in [4.69, 9.17) is 18.9 Å². The van der Waals surface area contributed by atoms with E-state index in [2.05, 4.69) is 116 Å². The zero-order chi connectivity index (χ0) is 37.7. The molecule has 0 saturated carbocycles. The molecule has 0 radical (unpaired) electrons. The first-order valence-electron chi connectivity index (χ1n) is 17.9. The van der Waals surface area contributed by atoms with Gasteiger partial charge >= 0.3 is 12.1 Å². The van der Waals surface area contributed by atoms with Crippen molar-refractivity contribution in [1.82, 2.24) is 0 Å². The van der Waals surface area contributed by atoms with Crippen LogP contribution in [-0.4, -0.2) is 32.4 Å². The molecule has 7 heteroatoms. The minimum absolute atomic E-state index is 0.0354. The van der Waals surface area contributed by atoms with Gasteiger partial charge in [-0.2, -0.15) is 0 Å². The summed E-state index contributed by atoms with van der Waals surface area (Å²) in [4.78, 5) is 25.4. The third kappa shape index (κ3) is 7.62. The van der Waals surface area contributed by atoms with Gasteiger partial charge in [0.2, 0.25) is 0 Å². The maximum absolute atomic E-state index is 12.2. The van der Waals surface area contributed by atoms with E-state index in [-0.39, 0.29) is 18.6 Å². The second-order valence-electron chi connectivity index (χ2n) is 13.5. The van der Waals surface area contributed by atoms with Crippen LogP contribution in [0, 0.1) is 0 Å². The van der Waals surface area contributed by atoms with Crippen LogP contribution in [0.25, 0.3) is 22.8 Å². The van der Waals surface area contributed by atoms with Crippen LogP contribution in [0.3, 0.4) is 0 Å². The Morgan fingerprint density at radius 3 is 1.85 bits per heavy atom. The third-order valence-corrected chi connectivity index (χ3v) is 9.68. The Hall–Kier alpha value is -6.60. The molecule has 0 N–H and O–H groups in total.